The maximum atomic E-state index is 11.2. The number of H-pyrrole nitrogens is 2. The van der Waals surface area contributed by atoms with E-state index < -0.39 is 0 Å². The summed E-state index contributed by atoms with van der Waals surface area (Å²) in [5, 5.41) is 0. The molecule has 0 saturated heterocycles. The maximum absolute atomic E-state index is 11.2. The molecule has 17 heavy (non-hydrogen) atoms. The van der Waals surface area contributed by atoms with Crippen LogP contribution < -0.4 is 17.2 Å². The molecule has 1 atom stereocenters. The molecule has 5 nitrogen and oxygen atoms in total. The molecule has 1 heterocycles. The Balaban J connectivity index is 1.92. The van der Waals surface area contributed by atoms with Gasteiger partial charge in [0.25, 0.3) is 0 Å². The van der Waals surface area contributed by atoms with Gasteiger partial charge in [-0.15, -0.1) is 0 Å². The Bertz CT molecular complexity index is 594. The Morgan fingerprint density at radius 1 is 1.24 bits per heavy atom. The van der Waals surface area contributed by atoms with E-state index >= 15 is 0 Å². The lowest BCUT2D eigenvalue weighted by Gasteiger charge is -2.36. The second-order valence-electron chi connectivity index (χ2n) is 4.90. The van der Waals surface area contributed by atoms with Crippen LogP contribution in [0.4, 0.5) is 0 Å². The molecule has 1 aliphatic carbocycles. The fourth-order valence-electron chi connectivity index (χ4n) is 2.53. The van der Waals surface area contributed by atoms with Crippen molar-refractivity contribution in [3.63, 3.8) is 0 Å². The molecule has 5 heteroatoms. The van der Waals surface area contributed by atoms with Crippen LogP contribution in [0.1, 0.15) is 24.4 Å². The van der Waals surface area contributed by atoms with E-state index in [9.17, 15) is 4.79 Å². The molecule has 1 aromatic heterocycles. The van der Waals surface area contributed by atoms with Gasteiger partial charge in [0.2, 0.25) is 0 Å². The van der Waals surface area contributed by atoms with Gasteiger partial charge < -0.3 is 21.4 Å². The van der Waals surface area contributed by atoms with Crippen molar-refractivity contribution in [2.45, 2.75) is 24.9 Å². The van der Waals surface area contributed by atoms with Crippen LogP contribution in [0.25, 0.3) is 11.0 Å². The smallest absolute Gasteiger partial charge is 0.323 e. The van der Waals surface area contributed by atoms with E-state index in [1.807, 2.05) is 18.2 Å². The molecule has 0 radical (unpaired) electrons. The fourth-order valence-corrected chi connectivity index (χ4v) is 2.53. The predicted molar refractivity (Wildman–Crippen MR) is 66.5 cm³/mol. The second kappa shape index (κ2) is 3.72. The molecule has 0 aliphatic heterocycles. The van der Waals surface area contributed by atoms with Crippen molar-refractivity contribution in [2.75, 3.05) is 0 Å². The lowest BCUT2D eigenvalue weighted by Crippen LogP contribution is -2.41. The monoisotopic (exact) mass is 232 g/mol. The highest BCUT2D eigenvalue weighted by Crippen LogP contribution is 2.35. The second-order valence-corrected chi connectivity index (χ2v) is 4.90. The van der Waals surface area contributed by atoms with Crippen molar-refractivity contribution in [3.05, 3.63) is 34.2 Å². The number of nitrogens with two attached hydrogens (primary N) is 2. The van der Waals surface area contributed by atoms with Crippen LogP contribution in [0.3, 0.4) is 0 Å². The zero-order chi connectivity index (χ0) is 12.0. The normalized spacial score (nSPS) is 25.8. The zero-order valence-corrected chi connectivity index (χ0v) is 9.44. The minimum Gasteiger partial charge on any atom is -0.328 e. The number of hydrogen-bond acceptors (Lipinski definition) is 3. The number of hydrogen-bond donors (Lipinski definition) is 4. The molecule has 1 aromatic carbocycles. The van der Waals surface area contributed by atoms with Gasteiger partial charge in [0.1, 0.15) is 0 Å². The van der Waals surface area contributed by atoms with Gasteiger partial charge in [-0.25, -0.2) is 4.79 Å². The Morgan fingerprint density at radius 3 is 2.65 bits per heavy atom. The highest BCUT2D eigenvalue weighted by molar-refractivity contribution is 5.75. The number of fused-ring (bicyclic) bond motifs is 1. The summed E-state index contributed by atoms with van der Waals surface area (Å²) in [5.74, 6) is 0.466. The molecule has 1 fully saturated rings. The number of imidazole rings is 1. The van der Waals surface area contributed by atoms with E-state index in [0.717, 1.165) is 29.4 Å². The lowest BCUT2D eigenvalue weighted by molar-refractivity contribution is 0.224. The van der Waals surface area contributed by atoms with Gasteiger partial charge in [-0.2, -0.15) is 0 Å². The van der Waals surface area contributed by atoms with Crippen molar-refractivity contribution in [2.24, 2.45) is 17.4 Å². The first-order chi connectivity index (χ1) is 8.13. The molecule has 2 aromatic rings. The summed E-state index contributed by atoms with van der Waals surface area (Å²) in [7, 11) is 0. The Kier molecular flexibility index (Phi) is 2.31. The Labute approximate surface area is 98.2 Å². The number of nitrogens with one attached hydrogen (secondary N) is 2. The summed E-state index contributed by atoms with van der Waals surface area (Å²) in [4.78, 5) is 16.6. The largest absolute Gasteiger partial charge is 0.328 e. The number of rotatable bonds is 2. The van der Waals surface area contributed by atoms with Crippen molar-refractivity contribution >= 4 is 11.0 Å². The van der Waals surface area contributed by atoms with Crippen molar-refractivity contribution in [1.29, 1.82) is 0 Å². The average molecular weight is 232 g/mol. The van der Waals surface area contributed by atoms with E-state index in [2.05, 4.69) is 9.97 Å². The third-order valence-corrected chi connectivity index (χ3v) is 3.64. The summed E-state index contributed by atoms with van der Waals surface area (Å²) in [6, 6.07) is 6.13. The summed E-state index contributed by atoms with van der Waals surface area (Å²) in [6.45, 7) is 0. The Hall–Kier alpha value is -1.59. The van der Waals surface area contributed by atoms with E-state index in [1.165, 1.54) is 0 Å². The quantitative estimate of drug-likeness (QED) is 0.609. The standard InChI is InChI=1S/C12H16N4O/c13-8-3-7(4-8)11(14)6-1-2-9-10(5-6)16-12(17)15-9/h1-2,5,7-8,11H,3-4,13-14H2,(H2,15,16,17). The minimum absolute atomic E-state index is 0.0117. The fraction of sp³-hybridized carbons (Fsp3) is 0.417. The van der Waals surface area contributed by atoms with Crippen LogP contribution in [0.15, 0.2) is 23.0 Å². The van der Waals surface area contributed by atoms with Gasteiger partial charge in [0.15, 0.2) is 0 Å². The van der Waals surface area contributed by atoms with E-state index in [1.54, 1.807) is 0 Å². The summed E-state index contributed by atoms with van der Waals surface area (Å²) >= 11 is 0. The molecule has 3 rings (SSSR count). The van der Waals surface area contributed by atoms with E-state index in [-0.39, 0.29) is 11.7 Å². The molecule has 0 spiro atoms. The molecule has 6 N–H and O–H groups in total. The topological polar surface area (TPSA) is 101 Å². The van der Waals surface area contributed by atoms with Gasteiger partial charge in [0, 0.05) is 12.1 Å². The summed E-state index contributed by atoms with van der Waals surface area (Å²) in [5.41, 5.74) is 14.5. The van der Waals surface area contributed by atoms with Crippen LogP contribution in [0.2, 0.25) is 0 Å². The zero-order valence-electron chi connectivity index (χ0n) is 9.44. The lowest BCUT2D eigenvalue weighted by atomic mass is 9.74. The molecule has 90 valence electrons. The summed E-state index contributed by atoms with van der Waals surface area (Å²) < 4.78 is 0. The predicted octanol–water partition coefficient (Wildman–Crippen LogP) is 0.593. The van der Waals surface area contributed by atoms with Crippen LogP contribution in [-0.2, 0) is 0 Å². The highest BCUT2D eigenvalue weighted by Gasteiger charge is 2.31. The van der Waals surface area contributed by atoms with Crippen LogP contribution in [-0.4, -0.2) is 16.0 Å². The number of aromatic nitrogens is 2. The van der Waals surface area contributed by atoms with E-state index in [0.29, 0.717) is 12.0 Å². The number of aromatic amines is 2. The molecule has 0 amide bonds. The Morgan fingerprint density at radius 2 is 1.94 bits per heavy atom. The van der Waals surface area contributed by atoms with Crippen LogP contribution >= 0.6 is 0 Å². The molecule has 0 bridgehead atoms. The molecule has 1 saturated carbocycles. The van der Waals surface area contributed by atoms with Gasteiger partial charge >= 0.3 is 5.69 Å². The van der Waals surface area contributed by atoms with Crippen LogP contribution in [0, 0.1) is 5.92 Å². The molecular weight excluding hydrogens is 216 g/mol. The highest BCUT2D eigenvalue weighted by atomic mass is 16.1. The van der Waals surface area contributed by atoms with Gasteiger partial charge in [-0.05, 0) is 36.5 Å². The van der Waals surface area contributed by atoms with Crippen molar-refractivity contribution < 1.29 is 0 Å². The van der Waals surface area contributed by atoms with Gasteiger partial charge in [0.05, 0.1) is 11.0 Å². The SMILES string of the molecule is NC1CC(C(N)c2ccc3[nH]c(=O)[nH]c3c2)C1. The molecule has 1 aliphatic rings. The van der Waals surface area contributed by atoms with E-state index in [4.69, 9.17) is 11.5 Å². The third kappa shape index (κ3) is 1.77. The first-order valence-electron chi connectivity index (χ1n) is 5.86. The third-order valence-electron chi connectivity index (χ3n) is 3.64. The number of benzene rings is 1. The molecule has 1 unspecified atom stereocenters. The van der Waals surface area contributed by atoms with Crippen molar-refractivity contribution in [3.8, 4) is 0 Å². The van der Waals surface area contributed by atoms with Gasteiger partial charge in [-0.3, -0.25) is 0 Å². The van der Waals surface area contributed by atoms with Crippen LogP contribution in [0.5, 0.6) is 0 Å². The summed E-state index contributed by atoms with van der Waals surface area (Å²) in [6.07, 6.45) is 1.98. The first-order valence-corrected chi connectivity index (χ1v) is 5.86. The molecular formula is C12H16N4O. The first kappa shape index (κ1) is 10.6. The average Bonchev–Trinajstić information content (AvgIpc) is 2.62. The van der Waals surface area contributed by atoms with Crippen molar-refractivity contribution in [1.82, 2.24) is 9.97 Å². The maximum Gasteiger partial charge on any atom is 0.323 e. The van der Waals surface area contributed by atoms with Gasteiger partial charge in [-0.1, -0.05) is 6.07 Å². The minimum atomic E-state index is -0.184.